The van der Waals surface area contributed by atoms with Crippen molar-refractivity contribution in [3.05, 3.63) is 18.0 Å². The minimum Gasteiger partial charge on any atom is -0.461 e. The second-order valence-electron chi connectivity index (χ2n) is 2.25. The second-order valence-corrected chi connectivity index (χ2v) is 2.25. The predicted octanol–water partition coefficient (Wildman–Crippen LogP) is 1.08. The van der Waals surface area contributed by atoms with Crippen LogP contribution in [0, 0.1) is 0 Å². The van der Waals surface area contributed by atoms with Crippen LogP contribution in [0.3, 0.4) is 0 Å². The van der Waals surface area contributed by atoms with Crippen LogP contribution >= 0.6 is 0 Å². The molecule has 0 radical (unpaired) electrons. The number of carbonyl (C=O) groups excluding carboxylic acids is 1. The van der Waals surface area contributed by atoms with Crippen LogP contribution < -0.4 is 0 Å². The molecule has 0 bridgehead atoms. The molecule has 0 aliphatic heterocycles. The van der Waals surface area contributed by atoms with E-state index >= 15 is 0 Å². The van der Waals surface area contributed by atoms with E-state index in [-0.39, 0.29) is 5.97 Å². The minimum absolute atomic E-state index is 0.308. The molecule has 0 amide bonds. The summed E-state index contributed by atoms with van der Waals surface area (Å²) in [6.07, 6.45) is 1.59. The van der Waals surface area contributed by atoms with E-state index in [1.54, 1.807) is 23.9 Å². The lowest BCUT2D eigenvalue weighted by molar-refractivity contribution is 0.0512. The molecule has 0 fully saturated rings. The van der Waals surface area contributed by atoms with Gasteiger partial charge < -0.3 is 4.74 Å². The van der Waals surface area contributed by atoms with Crippen LogP contribution in [0.2, 0.25) is 0 Å². The number of nitrogens with zero attached hydrogens (tertiary/aromatic N) is 2. The van der Waals surface area contributed by atoms with Gasteiger partial charge in [0.25, 0.3) is 0 Å². The third kappa shape index (κ3) is 1.64. The van der Waals surface area contributed by atoms with Crippen LogP contribution in [0.5, 0.6) is 0 Å². The highest BCUT2D eigenvalue weighted by atomic mass is 16.5. The zero-order chi connectivity index (χ0) is 8.97. The average molecular weight is 168 g/mol. The molecule has 0 atom stereocenters. The van der Waals surface area contributed by atoms with Crippen molar-refractivity contribution in [3.8, 4) is 0 Å². The first-order valence-corrected chi connectivity index (χ1v) is 3.98. The van der Waals surface area contributed by atoms with Gasteiger partial charge in [-0.2, -0.15) is 5.10 Å². The highest BCUT2D eigenvalue weighted by molar-refractivity contribution is 5.87. The van der Waals surface area contributed by atoms with Crippen molar-refractivity contribution >= 4 is 5.97 Å². The molecule has 0 saturated heterocycles. The maximum atomic E-state index is 11.2. The van der Waals surface area contributed by atoms with Gasteiger partial charge in [-0.3, -0.25) is 4.68 Å². The molecule has 0 aromatic carbocycles. The number of hydrogen-bond acceptors (Lipinski definition) is 3. The molecular formula is C8H12N2O2. The fraction of sp³-hybridized carbons (Fsp3) is 0.500. The van der Waals surface area contributed by atoms with Crippen molar-refractivity contribution in [3.63, 3.8) is 0 Å². The maximum Gasteiger partial charge on any atom is 0.356 e. The SMILES string of the molecule is CCOC(=O)c1ccnn1CC. The van der Waals surface area contributed by atoms with Crippen molar-refractivity contribution in [1.29, 1.82) is 0 Å². The van der Waals surface area contributed by atoms with Crippen LogP contribution in [-0.2, 0) is 11.3 Å². The summed E-state index contributed by atoms with van der Waals surface area (Å²) in [6, 6.07) is 1.65. The lowest BCUT2D eigenvalue weighted by Gasteiger charge is -2.02. The fourth-order valence-corrected chi connectivity index (χ4v) is 0.963. The first-order valence-electron chi connectivity index (χ1n) is 3.98. The van der Waals surface area contributed by atoms with Crippen molar-refractivity contribution in [2.75, 3.05) is 6.61 Å². The van der Waals surface area contributed by atoms with Gasteiger partial charge in [-0.1, -0.05) is 0 Å². The van der Waals surface area contributed by atoms with Gasteiger partial charge in [-0.05, 0) is 19.9 Å². The van der Waals surface area contributed by atoms with E-state index in [1.807, 2.05) is 6.92 Å². The molecule has 0 aliphatic carbocycles. The lowest BCUT2D eigenvalue weighted by atomic mass is 10.4. The Hall–Kier alpha value is -1.32. The predicted molar refractivity (Wildman–Crippen MR) is 43.9 cm³/mol. The molecule has 4 nitrogen and oxygen atoms in total. The van der Waals surface area contributed by atoms with Crippen molar-refractivity contribution < 1.29 is 9.53 Å². The highest BCUT2D eigenvalue weighted by Gasteiger charge is 2.10. The van der Waals surface area contributed by atoms with Gasteiger partial charge >= 0.3 is 5.97 Å². The second kappa shape index (κ2) is 3.90. The van der Waals surface area contributed by atoms with Crippen LogP contribution in [0.4, 0.5) is 0 Å². The lowest BCUT2D eigenvalue weighted by Crippen LogP contribution is -2.12. The fourth-order valence-electron chi connectivity index (χ4n) is 0.963. The Labute approximate surface area is 71.1 Å². The van der Waals surface area contributed by atoms with Gasteiger partial charge in [0, 0.05) is 12.7 Å². The van der Waals surface area contributed by atoms with Crippen LogP contribution in [-0.4, -0.2) is 22.4 Å². The quantitative estimate of drug-likeness (QED) is 0.634. The smallest absolute Gasteiger partial charge is 0.356 e. The number of esters is 1. The molecule has 0 N–H and O–H groups in total. The van der Waals surface area contributed by atoms with Gasteiger partial charge in [-0.25, -0.2) is 4.79 Å². The molecule has 0 aliphatic rings. The topological polar surface area (TPSA) is 44.1 Å². The van der Waals surface area contributed by atoms with E-state index in [9.17, 15) is 4.79 Å². The molecule has 1 heterocycles. The Morgan fingerprint density at radius 2 is 2.42 bits per heavy atom. The van der Waals surface area contributed by atoms with Gasteiger partial charge in [-0.15, -0.1) is 0 Å². The summed E-state index contributed by atoms with van der Waals surface area (Å²) in [6.45, 7) is 4.79. The molecule has 66 valence electrons. The summed E-state index contributed by atoms with van der Waals surface area (Å²) in [4.78, 5) is 11.2. The van der Waals surface area contributed by atoms with E-state index < -0.39 is 0 Å². The normalized spacial score (nSPS) is 9.83. The van der Waals surface area contributed by atoms with E-state index in [0.29, 0.717) is 18.8 Å². The molecule has 4 heteroatoms. The Kier molecular flexibility index (Phi) is 2.85. The zero-order valence-electron chi connectivity index (χ0n) is 7.28. The number of carbonyl (C=O) groups is 1. The number of ether oxygens (including phenoxy) is 1. The van der Waals surface area contributed by atoms with Crippen LogP contribution in [0.1, 0.15) is 24.3 Å². The van der Waals surface area contributed by atoms with Gasteiger partial charge in [0.15, 0.2) is 0 Å². The summed E-state index contributed by atoms with van der Waals surface area (Å²) in [5.41, 5.74) is 0.513. The Morgan fingerprint density at radius 1 is 1.67 bits per heavy atom. The largest absolute Gasteiger partial charge is 0.461 e. The number of aryl methyl sites for hydroxylation is 1. The summed E-state index contributed by atoms with van der Waals surface area (Å²) in [5.74, 6) is -0.308. The van der Waals surface area contributed by atoms with Crippen LogP contribution in [0.25, 0.3) is 0 Å². The molecule has 0 unspecified atom stereocenters. The number of hydrogen-bond donors (Lipinski definition) is 0. The van der Waals surface area contributed by atoms with Crippen molar-refractivity contribution in [1.82, 2.24) is 9.78 Å². The summed E-state index contributed by atoms with van der Waals surface area (Å²) in [5, 5.41) is 3.95. The molecule has 12 heavy (non-hydrogen) atoms. The van der Waals surface area contributed by atoms with E-state index in [4.69, 9.17) is 4.74 Å². The third-order valence-corrected chi connectivity index (χ3v) is 1.50. The van der Waals surface area contributed by atoms with E-state index in [1.165, 1.54) is 0 Å². The van der Waals surface area contributed by atoms with Gasteiger partial charge in [0.05, 0.1) is 6.61 Å². The van der Waals surface area contributed by atoms with Gasteiger partial charge in [0.1, 0.15) is 5.69 Å². The first kappa shape index (κ1) is 8.77. The molecule has 1 rings (SSSR count). The van der Waals surface area contributed by atoms with E-state index in [0.717, 1.165) is 0 Å². The molecular weight excluding hydrogens is 156 g/mol. The first-order chi connectivity index (χ1) is 5.79. The molecule has 0 spiro atoms. The zero-order valence-corrected chi connectivity index (χ0v) is 7.28. The molecule has 1 aromatic rings. The average Bonchev–Trinajstić information content (AvgIpc) is 2.51. The number of aromatic nitrogens is 2. The number of rotatable bonds is 3. The summed E-state index contributed by atoms with van der Waals surface area (Å²) >= 11 is 0. The Bertz CT molecular complexity index is 268. The van der Waals surface area contributed by atoms with E-state index in [2.05, 4.69) is 5.10 Å². The minimum atomic E-state index is -0.308. The van der Waals surface area contributed by atoms with Crippen molar-refractivity contribution in [2.45, 2.75) is 20.4 Å². The third-order valence-electron chi connectivity index (χ3n) is 1.50. The van der Waals surface area contributed by atoms with Crippen molar-refractivity contribution in [2.24, 2.45) is 0 Å². The highest BCUT2D eigenvalue weighted by Crippen LogP contribution is 2.00. The van der Waals surface area contributed by atoms with Crippen LogP contribution in [0.15, 0.2) is 12.3 Å². The summed E-state index contributed by atoms with van der Waals surface area (Å²) in [7, 11) is 0. The monoisotopic (exact) mass is 168 g/mol. The maximum absolute atomic E-state index is 11.2. The summed E-state index contributed by atoms with van der Waals surface area (Å²) < 4.78 is 6.44. The standard InChI is InChI=1S/C8H12N2O2/c1-3-10-7(5-6-9-10)8(11)12-4-2/h5-6H,3-4H2,1-2H3. The molecule has 0 saturated carbocycles. The Balaban J connectivity index is 2.79. The molecule has 1 aromatic heterocycles. The van der Waals surface area contributed by atoms with Gasteiger partial charge in [0.2, 0.25) is 0 Å². The Morgan fingerprint density at radius 3 is 3.00 bits per heavy atom.